The van der Waals surface area contributed by atoms with E-state index in [2.05, 4.69) is 0 Å². The quantitative estimate of drug-likeness (QED) is 0.759. The van der Waals surface area contributed by atoms with Gasteiger partial charge in [-0.3, -0.25) is 4.79 Å². The number of carbonyl (C=O) groups excluding carboxylic acids is 1. The Balaban J connectivity index is 2.26. The molecular weight excluding hydrogens is 221 g/mol. The Kier molecular flexibility index (Phi) is 3.13. The average Bonchev–Trinajstić information content (AvgIpc) is 2.29. The van der Waals surface area contributed by atoms with Gasteiger partial charge < -0.3 is 10.0 Å². The summed E-state index contributed by atoms with van der Waals surface area (Å²) in [6.07, 6.45) is 2.74. The topological polar surface area (TPSA) is 40.5 Å². The second-order valence-corrected chi connectivity index (χ2v) is 4.19. The Morgan fingerprint density at radius 2 is 2.24 bits per heavy atom. The molecule has 0 fully saturated rings. The van der Waals surface area contributed by atoms with Gasteiger partial charge in [0.25, 0.3) is 5.91 Å². The van der Waals surface area contributed by atoms with E-state index in [-0.39, 0.29) is 11.3 Å². The number of amides is 1. The lowest BCUT2D eigenvalue weighted by molar-refractivity contribution is 0.0761. The molecule has 0 saturated heterocycles. The smallest absolute Gasteiger partial charge is 0.260 e. The van der Waals surface area contributed by atoms with E-state index in [1.54, 1.807) is 0 Å². The van der Waals surface area contributed by atoms with Crippen LogP contribution in [0, 0.1) is 5.82 Å². The molecule has 17 heavy (non-hydrogen) atoms. The van der Waals surface area contributed by atoms with Crippen LogP contribution in [0.15, 0.2) is 29.8 Å². The number of phenolic OH excluding ortho intramolecular Hbond substituents is 1. The van der Waals surface area contributed by atoms with Crippen molar-refractivity contribution in [2.75, 3.05) is 13.1 Å². The van der Waals surface area contributed by atoms with Crippen LogP contribution in [0.1, 0.15) is 23.7 Å². The van der Waals surface area contributed by atoms with Gasteiger partial charge in [-0.2, -0.15) is 0 Å². The Morgan fingerprint density at radius 3 is 2.82 bits per heavy atom. The van der Waals surface area contributed by atoms with Crippen molar-refractivity contribution >= 4 is 5.91 Å². The van der Waals surface area contributed by atoms with Crippen molar-refractivity contribution in [2.24, 2.45) is 0 Å². The van der Waals surface area contributed by atoms with Gasteiger partial charge in [0.2, 0.25) is 0 Å². The molecule has 0 aromatic heterocycles. The van der Waals surface area contributed by atoms with Crippen molar-refractivity contribution in [1.29, 1.82) is 0 Å². The minimum absolute atomic E-state index is 0.236. The normalized spacial score (nSPS) is 15.6. The number of hydrogen-bond acceptors (Lipinski definition) is 2. The minimum atomic E-state index is -0.679. The van der Waals surface area contributed by atoms with Crippen LogP contribution in [-0.4, -0.2) is 29.0 Å². The van der Waals surface area contributed by atoms with Gasteiger partial charge >= 0.3 is 0 Å². The third-order valence-electron chi connectivity index (χ3n) is 2.93. The summed E-state index contributed by atoms with van der Waals surface area (Å²) in [4.78, 5) is 13.6. The summed E-state index contributed by atoms with van der Waals surface area (Å²) in [6.45, 7) is 3.04. The molecule has 1 N–H and O–H groups in total. The third-order valence-corrected chi connectivity index (χ3v) is 2.93. The van der Waals surface area contributed by atoms with Crippen molar-refractivity contribution in [3.63, 3.8) is 0 Å². The van der Waals surface area contributed by atoms with Gasteiger partial charge in [-0.15, -0.1) is 0 Å². The highest BCUT2D eigenvalue weighted by Gasteiger charge is 2.23. The predicted molar refractivity (Wildman–Crippen MR) is 62.3 cm³/mol. The first-order chi connectivity index (χ1) is 8.09. The fourth-order valence-electron chi connectivity index (χ4n) is 1.84. The first-order valence-corrected chi connectivity index (χ1v) is 5.52. The van der Waals surface area contributed by atoms with Gasteiger partial charge in [-0.05, 0) is 25.5 Å². The number of hydrogen-bond donors (Lipinski definition) is 1. The van der Waals surface area contributed by atoms with Gasteiger partial charge in [0, 0.05) is 13.1 Å². The molecule has 0 bridgehead atoms. The largest absolute Gasteiger partial charge is 0.507 e. The lowest BCUT2D eigenvalue weighted by Crippen LogP contribution is -2.35. The summed E-state index contributed by atoms with van der Waals surface area (Å²) in [5.41, 5.74) is 0.993. The van der Waals surface area contributed by atoms with Crippen molar-refractivity contribution in [1.82, 2.24) is 4.90 Å². The molecule has 0 saturated carbocycles. The Labute approximate surface area is 99.2 Å². The molecule has 0 aliphatic carbocycles. The molecule has 3 nitrogen and oxygen atoms in total. The van der Waals surface area contributed by atoms with E-state index in [1.807, 2.05) is 13.0 Å². The van der Waals surface area contributed by atoms with Crippen molar-refractivity contribution < 1.29 is 14.3 Å². The molecule has 0 spiro atoms. The molecule has 0 atom stereocenters. The van der Waals surface area contributed by atoms with Crippen LogP contribution in [0.4, 0.5) is 4.39 Å². The predicted octanol–water partition coefficient (Wildman–Crippen LogP) is 2.32. The lowest BCUT2D eigenvalue weighted by atomic mass is 10.1. The molecule has 1 aromatic rings. The maximum atomic E-state index is 13.5. The van der Waals surface area contributed by atoms with Gasteiger partial charge in [0.05, 0.1) is 0 Å². The molecule has 4 heteroatoms. The highest BCUT2D eigenvalue weighted by atomic mass is 19.1. The van der Waals surface area contributed by atoms with Gasteiger partial charge in [-0.1, -0.05) is 17.7 Å². The minimum Gasteiger partial charge on any atom is -0.507 e. The summed E-state index contributed by atoms with van der Waals surface area (Å²) in [6, 6.07) is 3.88. The van der Waals surface area contributed by atoms with Gasteiger partial charge in [0.15, 0.2) is 0 Å². The Hall–Kier alpha value is -1.84. The first kappa shape index (κ1) is 11.6. The first-order valence-electron chi connectivity index (χ1n) is 5.52. The van der Waals surface area contributed by atoms with Crippen molar-refractivity contribution in [3.8, 4) is 5.75 Å². The maximum absolute atomic E-state index is 13.5. The third kappa shape index (κ3) is 2.30. The molecule has 1 aromatic carbocycles. The summed E-state index contributed by atoms with van der Waals surface area (Å²) < 4.78 is 13.5. The lowest BCUT2D eigenvalue weighted by Gasteiger charge is -2.25. The van der Waals surface area contributed by atoms with E-state index < -0.39 is 11.7 Å². The molecule has 1 aliphatic rings. The summed E-state index contributed by atoms with van der Waals surface area (Å²) >= 11 is 0. The van der Waals surface area contributed by atoms with E-state index in [9.17, 15) is 14.3 Å². The monoisotopic (exact) mass is 235 g/mol. The molecule has 1 aliphatic heterocycles. The molecule has 90 valence electrons. The molecule has 1 heterocycles. The standard InChI is InChI=1S/C13H14FNO2/c1-9-5-7-15(8-6-9)13(17)12-10(14)3-2-4-11(12)16/h2-5,16H,6-8H2,1H3. The number of nitrogens with zero attached hydrogens (tertiary/aromatic N) is 1. The highest BCUT2D eigenvalue weighted by Crippen LogP contribution is 2.23. The highest BCUT2D eigenvalue weighted by molar-refractivity contribution is 5.97. The zero-order valence-corrected chi connectivity index (χ0v) is 9.61. The van der Waals surface area contributed by atoms with Crippen molar-refractivity contribution in [2.45, 2.75) is 13.3 Å². The summed E-state index contributed by atoms with van der Waals surface area (Å²) in [5.74, 6) is -1.44. The SMILES string of the molecule is CC1=CCN(C(=O)c2c(O)cccc2F)CC1. The second-order valence-electron chi connectivity index (χ2n) is 4.19. The fourth-order valence-corrected chi connectivity index (χ4v) is 1.84. The molecule has 0 unspecified atom stereocenters. The molecule has 1 amide bonds. The number of halogens is 1. The zero-order valence-electron chi connectivity index (χ0n) is 9.61. The Morgan fingerprint density at radius 1 is 1.47 bits per heavy atom. The Bertz CT molecular complexity index is 462. The number of benzene rings is 1. The van der Waals surface area contributed by atoms with Gasteiger partial charge in [0.1, 0.15) is 17.1 Å². The van der Waals surface area contributed by atoms with Crippen LogP contribution >= 0.6 is 0 Å². The van der Waals surface area contributed by atoms with Crippen LogP contribution in [0.2, 0.25) is 0 Å². The number of rotatable bonds is 1. The fraction of sp³-hybridized carbons (Fsp3) is 0.308. The van der Waals surface area contributed by atoms with E-state index in [4.69, 9.17) is 0 Å². The molecule has 0 radical (unpaired) electrons. The number of carbonyl (C=O) groups is 1. The van der Waals surface area contributed by atoms with Crippen LogP contribution in [-0.2, 0) is 0 Å². The van der Waals surface area contributed by atoms with Crippen LogP contribution in [0.5, 0.6) is 5.75 Å². The van der Waals surface area contributed by atoms with E-state index in [0.29, 0.717) is 13.1 Å². The second kappa shape index (κ2) is 4.57. The summed E-state index contributed by atoms with van der Waals surface area (Å²) in [5, 5.41) is 9.54. The van der Waals surface area contributed by atoms with E-state index in [1.165, 1.54) is 28.7 Å². The van der Waals surface area contributed by atoms with Crippen LogP contribution in [0.25, 0.3) is 0 Å². The van der Waals surface area contributed by atoms with E-state index in [0.717, 1.165) is 6.42 Å². The van der Waals surface area contributed by atoms with Crippen LogP contribution < -0.4 is 0 Å². The van der Waals surface area contributed by atoms with Crippen molar-refractivity contribution in [3.05, 3.63) is 41.2 Å². The van der Waals surface area contributed by atoms with E-state index >= 15 is 0 Å². The molecule has 2 rings (SSSR count). The zero-order chi connectivity index (χ0) is 12.4. The van der Waals surface area contributed by atoms with Gasteiger partial charge in [-0.25, -0.2) is 4.39 Å². The number of phenols is 1. The van der Waals surface area contributed by atoms with Crippen LogP contribution in [0.3, 0.4) is 0 Å². The number of aromatic hydroxyl groups is 1. The molecular formula is C13H14FNO2. The summed E-state index contributed by atoms with van der Waals surface area (Å²) in [7, 11) is 0. The average molecular weight is 235 g/mol. The maximum Gasteiger partial charge on any atom is 0.260 e.